The van der Waals surface area contributed by atoms with E-state index < -0.39 is 6.10 Å². The highest BCUT2D eigenvalue weighted by atomic mass is 35.5. The Kier molecular flexibility index (Phi) is 4.43. The van der Waals surface area contributed by atoms with Crippen molar-refractivity contribution in [3.63, 3.8) is 0 Å². The zero-order chi connectivity index (χ0) is 16.7. The standard InChI is InChI=1S/C16H13Cl3N2O2/c1-20-13-6-11(18)12(19)7-14(13)21(16(20)23)8-15(22)9-3-2-4-10(17)5-9/h2-7,15,22H,8H2,1H3. The normalized spacial score (nSPS) is 12.7. The van der Waals surface area contributed by atoms with Gasteiger partial charge < -0.3 is 5.11 Å². The van der Waals surface area contributed by atoms with Crippen LogP contribution in [-0.4, -0.2) is 14.2 Å². The van der Waals surface area contributed by atoms with Gasteiger partial charge in [0.15, 0.2) is 0 Å². The number of aliphatic hydroxyl groups excluding tert-OH is 1. The molecule has 1 aromatic heterocycles. The maximum atomic E-state index is 12.4. The zero-order valence-corrected chi connectivity index (χ0v) is 14.4. The van der Waals surface area contributed by atoms with Crippen LogP contribution in [0, 0.1) is 0 Å². The van der Waals surface area contributed by atoms with Crippen molar-refractivity contribution >= 4 is 45.8 Å². The van der Waals surface area contributed by atoms with E-state index in [1.165, 1.54) is 9.13 Å². The average molecular weight is 372 g/mol. The monoisotopic (exact) mass is 370 g/mol. The van der Waals surface area contributed by atoms with Gasteiger partial charge >= 0.3 is 5.69 Å². The lowest BCUT2D eigenvalue weighted by molar-refractivity contribution is 0.156. The molecule has 0 aliphatic carbocycles. The van der Waals surface area contributed by atoms with Crippen molar-refractivity contribution in [2.75, 3.05) is 0 Å². The van der Waals surface area contributed by atoms with Crippen molar-refractivity contribution in [3.8, 4) is 0 Å². The molecule has 0 amide bonds. The summed E-state index contributed by atoms with van der Waals surface area (Å²) in [4.78, 5) is 12.4. The molecule has 1 atom stereocenters. The highest BCUT2D eigenvalue weighted by Gasteiger charge is 2.17. The Morgan fingerprint density at radius 3 is 2.39 bits per heavy atom. The van der Waals surface area contributed by atoms with Gasteiger partial charge in [-0.25, -0.2) is 4.79 Å². The molecule has 0 saturated heterocycles. The number of rotatable bonds is 3. The number of hydrogen-bond acceptors (Lipinski definition) is 2. The van der Waals surface area contributed by atoms with Crippen LogP contribution in [-0.2, 0) is 13.6 Å². The number of hydrogen-bond donors (Lipinski definition) is 1. The van der Waals surface area contributed by atoms with Gasteiger partial charge in [-0.2, -0.15) is 0 Å². The van der Waals surface area contributed by atoms with Crippen molar-refractivity contribution in [2.45, 2.75) is 12.6 Å². The van der Waals surface area contributed by atoms with E-state index in [4.69, 9.17) is 34.8 Å². The third-order valence-corrected chi connectivity index (χ3v) is 4.73. The SMILES string of the molecule is Cn1c(=O)n(CC(O)c2cccc(Cl)c2)c2cc(Cl)c(Cl)cc21. The van der Waals surface area contributed by atoms with Crippen LogP contribution in [0.3, 0.4) is 0 Å². The summed E-state index contributed by atoms with van der Waals surface area (Å²) in [5.74, 6) is 0. The molecule has 7 heteroatoms. The molecule has 23 heavy (non-hydrogen) atoms. The van der Waals surface area contributed by atoms with E-state index in [-0.39, 0.29) is 12.2 Å². The van der Waals surface area contributed by atoms with Crippen molar-refractivity contribution in [1.82, 2.24) is 9.13 Å². The fraction of sp³-hybridized carbons (Fsp3) is 0.188. The van der Waals surface area contributed by atoms with Gasteiger partial charge in [0.2, 0.25) is 0 Å². The van der Waals surface area contributed by atoms with Gasteiger partial charge in [0.25, 0.3) is 0 Å². The van der Waals surface area contributed by atoms with Gasteiger partial charge in [0.05, 0.1) is 33.7 Å². The molecule has 1 heterocycles. The number of aryl methyl sites for hydroxylation is 1. The summed E-state index contributed by atoms with van der Waals surface area (Å²) in [7, 11) is 1.65. The van der Waals surface area contributed by atoms with E-state index in [9.17, 15) is 9.90 Å². The van der Waals surface area contributed by atoms with Crippen molar-refractivity contribution in [1.29, 1.82) is 0 Å². The van der Waals surface area contributed by atoms with E-state index >= 15 is 0 Å². The fourth-order valence-electron chi connectivity index (χ4n) is 2.57. The lowest BCUT2D eigenvalue weighted by atomic mass is 10.1. The van der Waals surface area contributed by atoms with Gasteiger partial charge in [-0.15, -0.1) is 0 Å². The van der Waals surface area contributed by atoms with E-state index in [1.807, 2.05) is 0 Å². The van der Waals surface area contributed by atoms with E-state index in [0.717, 1.165) is 0 Å². The Morgan fingerprint density at radius 2 is 1.74 bits per heavy atom. The van der Waals surface area contributed by atoms with Gasteiger partial charge in [-0.05, 0) is 29.8 Å². The molecular weight excluding hydrogens is 359 g/mol. The molecule has 2 aromatic carbocycles. The summed E-state index contributed by atoms with van der Waals surface area (Å²) in [6, 6.07) is 10.2. The smallest absolute Gasteiger partial charge is 0.328 e. The highest BCUT2D eigenvalue weighted by Crippen LogP contribution is 2.28. The van der Waals surface area contributed by atoms with Crippen LogP contribution in [0.15, 0.2) is 41.2 Å². The van der Waals surface area contributed by atoms with Crippen LogP contribution in [0.1, 0.15) is 11.7 Å². The molecule has 1 N–H and O–H groups in total. The zero-order valence-electron chi connectivity index (χ0n) is 12.1. The number of imidazole rings is 1. The second kappa shape index (κ2) is 6.21. The fourth-order valence-corrected chi connectivity index (χ4v) is 3.08. The Morgan fingerprint density at radius 1 is 1.09 bits per heavy atom. The lowest BCUT2D eigenvalue weighted by Gasteiger charge is -2.12. The lowest BCUT2D eigenvalue weighted by Crippen LogP contribution is -2.24. The van der Waals surface area contributed by atoms with Crippen LogP contribution < -0.4 is 5.69 Å². The highest BCUT2D eigenvalue weighted by molar-refractivity contribution is 6.42. The quantitative estimate of drug-likeness (QED) is 0.755. The summed E-state index contributed by atoms with van der Waals surface area (Å²) in [6.07, 6.45) is -0.869. The van der Waals surface area contributed by atoms with Crippen LogP contribution in [0.5, 0.6) is 0 Å². The first-order chi connectivity index (χ1) is 10.9. The molecule has 3 rings (SSSR count). The average Bonchev–Trinajstić information content (AvgIpc) is 2.73. The van der Waals surface area contributed by atoms with Crippen LogP contribution in [0.2, 0.25) is 15.1 Å². The number of halogens is 3. The summed E-state index contributed by atoms with van der Waals surface area (Å²) >= 11 is 18.0. The second-order valence-electron chi connectivity index (χ2n) is 5.28. The molecule has 3 aromatic rings. The maximum absolute atomic E-state index is 12.4. The van der Waals surface area contributed by atoms with Gasteiger partial charge in [0, 0.05) is 12.1 Å². The first-order valence-electron chi connectivity index (χ1n) is 6.86. The largest absolute Gasteiger partial charge is 0.387 e. The molecule has 120 valence electrons. The molecule has 0 spiro atoms. The third-order valence-electron chi connectivity index (χ3n) is 3.78. The molecule has 4 nitrogen and oxygen atoms in total. The van der Waals surface area contributed by atoms with Gasteiger partial charge in [-0.1, -0.05) is 46.9 Å². The number of fused-ring (bicyclic) bond motifs is 1. The molecule has 0 fully saturated rings. The first-order valence-corrected chi connectivity index (χ1v) is 7.99. The number of aliphatic hydroxyl groups is 1. The summed E-state index contributed by atoms with van der Waals surface area (Å²) in [5, 5.41) is 11.7. The minimum absolute atomic E-state index is 0.0917. The predicted octanol–water partition coefficient (Wildman–Crippen LogP) is 4.03. The first kappa shape index (κ1) is 16.4. The van der Waals surface area contributed by atoms with Crippen molar-refractivity contribution < 1.29 is 5.11 Å². The Hall–Kier alpha value is -1.46. The van der Waals surface area contributed by atoms with Crippen LogP contribution >= 0.6 is 34.8 Å². The topological polar surface area (TPSA) is 47.2 Å². The van der Waals surface area contributed by atoms with E-state index in [1.54, 1.807) is 43.4 Å². The summed E-state index contributed by atoms with van der Waals surface area (Å²) < 4.78 is 2.95. The van der Waals surface area contributed by atoms with Crippen molar-refractivity contribution in [2.24, 2.45) is 7.05 Å². The van der Waals surface area contributed by atoms with Crippen molar-refractivity contribution in [3.05, 3.63) is 67.5 Å². The molecule has 0 saturated carbocycles. The Bertz CT molecular complexity index is 946. The van der Waals surface area contributed by atoms with E-state index in [0.29, 0.717) is 31.7 Å². The molecule has 1 unspecified atom stereocenters. The second-order valence-corrected chi connectivity index (χ2v) is 6.53. The van der Waals surface area contributed by atoms with Crippen LogP contribution in [0.25, 0.3) is 11.0 Å². The third kappa shape index (κ3) is 3.00. The van der Waals surface area contributed by atoms with Gasteiger partial charge in [-0.3, -0.25) is 9.13 Å². The van der Waals surface area contributed by atoms with Crippen LogP contribution in [0.4, 0.5) is 0 Å². The van der Waals surface area contributed by atoms with E-state index in [2.05, 4.69) is 0 Å². The summed E-state index contributed by atoms with van der Waals surface area (Å²) in [5.41, 5.74) is 1.66. The maximum Gasteiger partial charge on any atom is 0.328 e. The molecule has 0 bridgehead atoms. The summed E-state index contributed by atoms with van der Waals surface area (Å²) in [6.45, 7) is 0.0917. The number of aromatic nitrogens is 2. The molecule has 0 aliphatic rings. The number of nitrogens with zero attached hydrogens (tertiary/aromatic N) is 2. The predicted molar refractivity (Wildman–Crippen MR) is 93.6 cm³/mol. The Labute approximate surface area is 147 Å². The van der Waals surface area contributed by atoms with Gasteiger partial charge in [0.1, 0.15) is 0 Å². The Balaban J connectivity index is 2.08. The minimum Gasteiger partial charge on any atom is -0.387 e. The number of benzene rings is 2. The molecule has 0 aliphatic heterocycles. The molecular formula is C16H13Cl3N2O2. The minimum atomic E-state index is -0.869. The molecule has 0 radical (unpaired) electrons.